The molecule has 1 aromatic rings. The number of aryl methyl sites for hydroxylation is 2. The van der Waals surface area contributed by atoms with E-state index in [9.17, 15) is 4.79 Å². The second kappa shape index (κ2) is 4.25. The van der Waals surface area contributed by atoms with Gasteiger partial charge in [-0.2, -0.15) is 0 Å². The lowest BCUT2D eigenvalue weighted by Crippen LogP contribution is -2.35. The first-order valence-electron chi connectivity index (χ1n) is 5.57. The molecule has 2 atom stereocenters. The number of carbonyl (C=O) groups is 1. The third-order valence-electron chi connectivity index (χ3n) is 3.12. The minimum Gasteiger partial charge on any atom is -0.481 e. The monoisotopic (exact) mass is 223 g/mol. The van der Waals surface area contributed by atoms with Gasteiger partial charge in [-0.15, -0.1) is 0 Å². The van der Waals surface area contributed by atoms with Gasteiger partial charge in [0.1, 0.15) is 5.82 Å². The van der Waals surface area contributed by atoms with Crippen LogP contribution < -0.4 is 5.32 Å². The summed E-state index contributed by atoms with van der Waals surface area (Å²) in [5.41, 5.74) is 1.99. The van der Waals surface area contributed by atoms with Gasteiger partial charge >= 0.3 is 5.97 Å². The van der Waals surface area contributed by atoms with Crippen LogP contribution in [0.2, 0.25) is 0 Å². The Morgan fingerprint density at radius 1 is 1.50 bits per heavy atom. The largest absolute Gasteiger partial charge is 0.481 e. The number of piperidine rings is 1. The van der Waals surface area contributed by atoms with Crippen molar-refractivity contribution >= 4 is 5.97 Å². The zero-order valence-electron chi connectivity index (χ0n) is 9.58. The molecule has 1 aromatic heterocycles. The fraction of sp³-hybridized carbons (Fsp3) is 0.636. The molecule has 16 heavy (non-hydrogen) atoms. The molecule has 0 amide bonds. The van der Waals surface area contributed by atoms with E-state index in [-0.39, 0.29) is 12.0 Å². The number of aromatic nitrogens is 2. The molecule has 3 N–H and O–H groups in total. The summed E-state index contributed by atoms with van der Waals surface area (Å²) in [6.07, 6.45) is 1.33. The molecule has 0 radical (unpaired) electrons. The van der Waals surface area contributed by atoms with Crippen LogP contribution >= 0.6 is 0 Å². The van der Waals surface area contributed by atoms with Crippen LogP contribution in [-0.4, -0.2) is 27.6 Å². The Morgan fingerprint density at radius 2 is 2.25 bits per heavy atom. The molecule has 5 heteroatoms. The lowest BCUT2D eigenvalue weighted by atomic mass is 9.90. The van der Waals surface area contributed by atoms with Crippen LogP contribution in [0.4, 0.5) is 0 Å². The van der Waals surface area contributed by atoms with Gasteiger partial charge in [0.05, 0.1) is 17.7 Å². The van der Waals surface area contributed by atoms with Crippen LogP contribution in [0.25, 0.3) is 0 Å². The highest BCUT2D eigenvalue weighted by Crippen LogP contribution is 2.28. The number of nitrogens with one attached hydrogen (secondary N) is 2. The molecule has 1 aliphatic heterocycles. The molecule has 2 heterocycles. The molecule has 5 nitrogen and oxygen atoms in total. The van der Waals surface area contributed by atoms with Crippen molar-refractivity contribution in [2.45, 2.75) is 32.7 Å². The SMILES string of the molecule is Cc1nc(C2CC(C(=O)O)CCN2)c(C)[nH]1. The Kier molecular flexibility index (Phi) is 2.96. The zero-order valence-corrected chi connectivity index (χ0v) is 9.58. The number of rotatable bonds is 2. The quantitative estimate of drug-likeness (QED) is 0.703. The van der Waals surface area contributed by atoms with Gasteiger partial charge < -0.3 is 15.4 Å². The predicted molar refractivity (Wildman–Crippen MR) is 59.2 cm³/mol. The van der Waals surface area contributed by atoms with Crippen LogP contribution in [-0.2, 0) is 4.79 Å². The van der Waals surface area contributed by atoms with Crippen molar-refractivity contribution in [2.75, 3.05) is 6.54 Å². The number of aromatic amines is 1. The van der Waals surface area contributed by atoms with E-state index >= 15 is 0 Å². The van der Waals surface area contributed by atoms with Crippen LogP contribution in [0.15, 0.2) is 0 Å². The lowest BCUT2D eigenvalue weighted by Gasteiger charge is -2.27. The molecule has 88 valence electrons. The van der Waals surface area contributed by atoms with E-state index in [0.29, 0.717) is 12.8 Å². The van der Waals surface area contributed by atoms with Gasteiger partial charge in [0.25, 0.3) is 0 Å². The maximum Gasteiger partial charge on any atom is 0.306 e. The topological polar surface area (TPSA) is 78.0 Å². The summed E-state index contributed by atoms with van der Waals surface area (Å²) in [5.74, 6) is -0.0641. The average Bonchev–Trinajstić information content (AvgIpc) is 2.58. The van der Waals surface area contributed by atoms with Crippen molar-refractivity contribution < 1.29 is 9.90 Å². The van der Waals surface area contributed by atoms with Crippen LogP contribution in [0.3, 0.4) is 0 Å². The van der Waals surface area contributed by atoms with E-state index in [4.69, 9.17) is 5.11 Å². The summed E-state index contributed by atoms with van der Waals surface area (Å²) in [4.78, 5) is 18.5. The third kappa shape index (κ3) is 2.09. The van der Waals surface area contributed by atoms with Crippen LogP contribution in [0, 0.1) is 19.8 Å². The molecule has 0 aromatic carbocycles. The second-order valence-corrected chi connectivity index (χ2v) is 4.40. The Labute approximate surface area is 94.3 Å². The Morgan fingerprint density at radius 3 is 2.81 bits per heavy atom. The van der Waals surface area contributed by atoms with E-state index in [1.165, 1.54) is 0 Å². The minimum absolute atomic E-state index is 0.0693. The first-order valence-corrected chi connectivity index (χ1v) is 5.57. The minimum atomic E-state index is -0.698. The van der Waals surface area contributed by atoms with Crippen molar-refractivity contribution in [1.29, 1.82) is 0 Å². The fourth-order valence-corrected chi connectivity index (χ4v) is 2.32. The number of H-pyrrole nitrogens is 1. The van der Waals surface area contributed by atoms with Gasteiger partial charge in [0, 0.05) is 5.69 Å². The standard InChI is InChI=1S/C11H17N3O2/c1-6-10(14-7(2)13-6)9-5-8(11(15)16)3-4-12-9/h8-9,12H,3-5H2,1-2H3,(H,13,14)(H,15,16). The van der Waals surface area contributed by atoms with Gasteiger partial charge in [-0.1, -0.05) is 0 Å². The van der Waals surface area contributed by atoms with Crippen molar-refractivity contribution in [3.8, 4) is 0 Å². The number of aliphatic carboxylic acids is 1. The maximum absolute atomic E-state index is 11.0. The molecule has 1 aliphatic rings. The van der Waals surface area contributed by atoms with Crippen molar-refractivity contribution in [3.63, 3.8) is 0 Å². The molecule has 2 rings (SSSR count). The third-order valence-corrected chi connectivity index (χ3v) is 3.12. The molecule has 1 saturated heterocycles. The number of hydrogen-bond donors (Lipinski definition) is 3. The van der Waals surface area contributed by atoms with Gasteiger partial charge in [0.2, 0.25) is 0 Å². The van der Waals surface area contributed by atoms with Gasteiger partial charge in [-0.3, -0.25) is 4.79 Å². The van der Waals surface area contributed by atoms with Crippen LogP contribution in [0.1, 0.15) is 36.1 Å². The number of nitrogens with zero attached hydrogens (tertiary/aromatic N) is 1. The van der Waals surface area contributed by atoms with Crippen LogP contribution in [0.5, 0.6) is 0 Å². The molecule has 1 fully saturated rings. The smallest absolute Gasteiger partial charge is 0.306 e. The highest BCUT2D eigenvalue weighted by Gasteiger charge is 2.29. The van der Waals surface area contributed by atoms with Crippen molar-refractivity contribution in [2.24, 2.45) is 5.92 Å². The van der Waals surface area contributed by atoms with E-state index < -0.39 is 5.97 Å². The summed E-state index contributed by atoms with van der Waals surface area (Å²) in [7, 11) is 0. The molecule has 0 spiro atoms. The van der Waals surface area contributed by atoms with E-state index in [0.717, 1.165) is 23.8 Å². The Balaban J connectivity index is 2.15. The summed E-state index contributed by atoms with van der Waals surface area (Å²) < 4.78 is 0. The molecule has 0 aliphatic carbocycles. The van der Waals surface area contributed by atoms with Crippen molar-refractivity contribution in [1.82, 2.24) is 15.3 Å². The fourth-order valence-electron chi connectivity index (χ4n) is 2.32. The zero-order chi connectivity index (χ0) is 11.7. The van der Waals surface area contributed by atoms with E-state index in [1.54, 1.807) is 0 Å². The highest BCUT2D eigenvalue weighted by atomic mass is 16.4. The molecule has 0 saturated carbocycles. The van der Waals surface area contributed by atoms with Gasteiger partial charge in [0.15, 0.2) is 0 Å². The molecule has 2 unspecified atom stereocenters. The molecular weight excluding hydrogens is 206 g/mol. The van der Waals surface area contributed by atoms with Crippen molar-refractivity contribution in [3.05, 3.63) is 17.2 Å². The van der Waals surface area contributed by atoms with Gasteiger partial charge in [-0.05, 0) is 33.2 Å². The van der Waals surface area contributed by atoms with Gasteiger partial charge in [-0.25, -0.2) is 4.98 Å². The first kappa shape index (κ1) is 11.1. The van der Waals surface area contributed by atoms with E-state index in [2.05, 4.69) is 15.3 Å². The maximum atomic E-state index is 11.0. The molecular formula is C11H17N3O2. The summed E-state index contributed by atoms with van der Waals surface area (Å²) in [6, 6.07) is 0.0693. The first-order chi connectivity index (χ1) is 7.58. The Bertz CT molecular complexity index is 400. The second-order valence-electron chi connectivity index (χ2n) is 4.40. The lowest BCUT2D eigenvalue weighted by molar-refractivity contribution is -0.143. The number of hydrogen-bond acceptors (Lipinski definition) is 3. The number of carboxylic acid groups (broad SMARTS) is 1. The summed E-state index contributed by atoms with van der Waals surface area (Å²) in [6.45, 7) is 4.63. The number of carboxylic acids is 1. The normalized spacial score (nSPS) is 25.6. The number of imidazole rings is 1. The molecule has 0 bridgehead atoms. The average molecular weight is 223 g/mol. The summed E-state index contributed by atoms with van der Waals surface area (Å²) in [5, 5.41) is 12.4. The Hall–Kier alpha value is -1.36. The highest BCUT2D eigenvalue weighted by molar-refractivity contribution is 5.70. The van der Waals surface area contributed by atoms with E-state index in [1.807, 2.05) is 13.8 Å². The predicted octanol–water partition coefficient (Wildman–Crippen LogP) is 1.15. The summed E-state index contributed by atoms with van der Waals surface area (Å²) >= 11 is 0.